The number of aromatic nitrogens is 3. The molecule has 3 heterocycles. The Balaban J connectivity index is 1.37. The Morgan fingerprint density at radius 3 is 2.62 bits per heavy atom. The van der Waals surface area contributed by atoms with Crippen LogP contribution in [0.15, 0.2) is 42.9 Å². The van der Waals surface area contributed by atoms with Gasteiger partial charge in [0, 0.05) is 42.8 Å². The summed E-state index contributed by atoms with van der Waals surface area (Å²) in [5, 5.41) is 7.22. The van der Waals surface area contributed by atoms with Gasteiger partial charge in [-0.05, 0) is 43.0 Å². The van der Waals surface area contributed by atoms with Crippen LogP contribution in [-0.2, 0) is 4.79 Å². The first-order valence-corrected chi connectivity index (χ1v) is 11.6. The molecule has 180 valence electrons. The highest BCUT2D eigenvalue weighted by Crippen LogP contribution is 2.30. The van der Waals surface area contributed by atoms with Crippen molar-refractivity contribution in [2.45, 2.75) is 37.3 Å². The number of anilines is 1. The highest BCUT2D eigenvalue weighted by molar-refractivity contribution is 6.30. The second-order valence-corrected chi connectivity index (χ2v) is 9.15. The first-order valence-electron chi connectivity index (χ1n) is 11.2. The largest absolute Gasteiger partial charge is 0.356 e. The summed E-state index contributed by atoms with van der Waals surface area (Å²) >= 11 is 6.01. The van der Waals surface area contributed by atoms with E-state index in [1.165, 1.54) is 0 Å². The summed E-state index contributed by atoms with van der Waals surface area (Å²) in [4.78, 5) is 38.0. The Hall–Kier alpha value is -3.37. The second-order valence-electron chi connectivity index (χ2n) is 8.71. The van der Waals surface area contributed by atoms with Crippen molar-refractivity contribution in [3.05, 3.63) is 53.4 Å². The SMILES string of the molecule is NC(=O)NCCC(NC(=O)CC1(N)CCN(c2ncnc3[nH]ccc23)CC1)c1ccc(Cl)cc1. The number of benzene rings is 1. The minimum atomic E-state index is -0.610. The van der Waals surface area contributed by atoms with Crippen molar-refractivity contribution < 1.29 is 9.59 Å². The van der Waals surface area contributed by atoms with E-state index in [-0.39, 0.29) is 18.4 Å². The fourth-order valence-electron chi connectivity index (χ4n) is 4.37. The fourth-order valence-corrected chi connectivity index (χ4v) is 4.50. The van der Waals surface area contributed by atoms with Gasteiger partial charge in [0.25, 0.3) is 0 Å². The lowest BCUT2D eigenvalue weighted by atomic mass is 9.85. The van der Waals surface area contributed by atoms with Crippen LogP contribution in [0.2, 0.25) is 5.02 Å². The van der Waals surface area contributed by atoms with E-state index in [0.29, 0.717) is 43.9 Å². The number of carbonyl (C=O) groups excluding carboxylic acids is 2. The molecule has 1 atom stereocenters. The molecule has 1 saturated heterocycles. The minimum Gasteiger partial charge on any atom is -0.356 e. The van der Waals surface area contributed by atoms with Crippen LogP contribution in [0.1, 0.15) is 37.3 Å². The highest BCUT2D eigenvalue weighted by Gasteiger charge is 2.34. The molecular formula is C23H29ClN8O2. The molecule has 0 saturated carbocycles. The Bertz CT molecular complexity index is 1140. The number of hydrogen-bond donors (Lipinski definition) is 5. The molecular weight excluding hydrogens is 456 g/mol. The van der Waals surface area contributed by atoms with Gasteiger partial charge >= 0.3 is 6.03 Å². The second kappa shape index (κ2) is 10.3. The number of aromatic amines is 1. The molecule has 10 nitrogen and oxygen atoms in total. The minimum absolute atomic E-state index is 0.134. The first kappa shape index (κ1) is 23.8. The van der Waals surface area contributed by atoms with Crippen LogP contribution in [0.25, 0.3) is 11.0 Å². The van der Waals surface area contributed by atoms with Crippen molar-refractivity contribution in [3.8, 4) is 0 Å². The van der Waals surface area contributed by atoms with Gasteiger partial charge in [0.2, 0.25) is 5.91 Å². The number of rotatable bonds is 8. The number of halogens is 1. The number of nitrogens with one attached hydrogen (secondary N) is 3. The standard InChI is InChI=1S/C23H29ClN8O2/c24-16-3-1-15(2-4-16)18(6-10-28-22(25)34)31-19(33)13-23(26)7-11-32(12-8-23)21-17-5-9-27-20(17)29-14-30-21/h1-5,9,14,18H,6-8,10-13,26H2,(H,31,33)(H3,25,28,34)(H,27,29,30). The molecule has 0 aliphatic carbocycles. The maximum absolute atomic E-state index is 13.0. The van der Waals surface area contributed by atoms with Crippen molar-refractivity contribution >= 4 is 40.4 Å². The summed E-state index contributed by atoms with van der Waals surface area (Å²) in [5.41, 5.74) is 12.9. The van der Waals surface area contributed by atoms with E-state index in [1.54, 1.807) is 18.5 Å². The topological polar surface area (TPSA) is 155 Å². The Kier molecular flexibility index (Phi) is 7.18. The lowest BCUT2D eigenvalue weighted by Gasteiger charge is -2.39. The van der Waals surface area contributed by atoms with Crippen molar-refractivity contribution in [1.29, 1.82) is 0 Å². The zero-order valence-electron chi connectivity index (χ0n) is 18.8. The van der Waals surface area contributed by atoms with Gasteiger partial charge in [-0.3, -0.25) is 4.79 Å². The molecule has 2 aromatic heterocycles. The lowest BCUT2D eigenvalue weighted by molar-refractivity contribution is -0.123. The molecule has 0 bridgehead atoms. The van der Waals surface area contributed by atoms with Crippen LogP contribution >= 0.6 is 11.6 Å². The number of amides is 3. The molecule has 7 N–H and O–H groups in total. The summed E-state index contributed by atoms with van der Waals surface area (Å²) in [7, 11) is 0. The van der Waals surface area contributed by atoms with Crippen LogP contribution in [0, 0.1) is 0 Å². The van der Waals surface area contributed by atoms with E-state index in [4.69, 9.17) is 23.1 Å². The van der Waals surface area contributed by atoms with Crippen LogP contribution in [0.5, 0.6) is 0 Å². The zero-order chi connectivity index (χ0) is 24.1. The van der Waals surface area contributed by atoms with Crippen molar-refractivity contribution in [2.24, 2.45) is 11.5 Å². The molecule has 1 aliphatic heterocycles. The van der Waals surface area contributed by atoms with E-state index >= 15 is 0 Å². The zero-order valence-corrected chi connectivity index (χ0v) is 19.5. The molecule has 1 aromatic carbocycles. The number of urea groups is 1. The molecule has 34 heavy (non-hydrogen) atoms. The van der Waals surface area contributed by atoms with E-state index in [2.05, 4.69) is 30.5 Å². The average Bonchev–Trinajstić information content (AvgIpc) is 3.28. The molecule has 3 aromatic rings. The maximum atomic E-state index is 13.0. The van der Waals surface area contributed by atoms with Crippen molar-refractivity contribution in [2.75, 3.05) is 24.5 Å². The predicted octanol–water partition coefficient (Wildman–Crippen LogP) is 2.22. The molecule has 3 amide bonds. The average molecular weight is 485 g/mol. The number of H-pyrrole nitrogens is 1. The predicted molar refractivity (Wildman–Crippen MR) is 131 cm³/mol. The van der Waals surface area contributed by atoms with Gasteiger partial charge in [0.05, 0.1) is 11.4 Å². The number of carbonyl (C=O) groups is 2. The van der Waals surface area contributed by atoms with Gasteiger partial charge in [0.1, 0.15) is 17.8 Å². The third kappa shape index (κ3) is 5.75. The van der Waals surface area contributed by atoms with Gasteiger partial charge in [-0.2, -0.15) is 0 Å². The summed E-state index contributed by atoms with van der Waals surface area (Å²) in [6.45, 7) is 1.73. The molecule has 11 heteroatoms. The van der Waals surface area contributed by atoms with Crippen LogP contribution < -0.4 is 27.0 Å². The first-order chi connectivity index (χ1) is 16.3. The Labute approximate surface area is 202 Å². The number of piperidine rings is 1. The third-order valence-corrected chi connectivity index (χ3v) is 6.50. The summed E-state index contributed by atoms with van der Waals surface area (Å²) in [5.74, 6) is 0.743. The summed E-state index contributed by atoms with van der Waals surface area (Å²) < 4.78 is 0. The van der Waals surface area contributed by atoms with Crippen molar-refractivity contribution in [3.63, 3.8) is 0 Å². The lowest BCUT2D eigenvalue weighted by Crippen LogP contribution is -2.53. The fraction of sp³-hybridized carbons (Fsp3) is 0.391. The molecule has 1 fully saturated rings. The maximum Gasteiger partial charge on any atom is 0.312 e. The van der Waals surface area contributed by atoms with E-state index in [1.807, 2.05) is 24.4 Å². The van der Waals surface area contributed by atoms with Gasteiger partial charge in [-0.25, -0.2) is 14.8 Å². The Morgan fingerprint density at radius 2 is 1.91 bits per heavy atom. The normalized spacial score (nSPS) is 16.2. The molecule has 1 aliphatic rings. The Morgan fingerprint density at radius 1 is 1.18 bits per heavy atom. The smallest absolute Gasteiger partial charge is 0.312 e. The van der Waals surface area contributed by atoms with E-state index in [9.17, 15) is 9.59 Å². The van der Waals surface area contributed by atoms with Crippen LogP contribution in [-0.4, -0.2) is 52.1 Å². The van der Waals surface area contributed by atoms with Crippen molar-refractivity contribution in [1.82, 2.24) is 25.6 Å². The molecule has 4 rings (SSSR count). The third-order valence-electron chi connectivity index (χ3n) is 6.24. The summed E-state index contributed by atoms with van der Waals surface area (Å²) in [6, 6.07) is 8.32. The summed E-state index contributed by atoms with van der Waals surface area (Å²) in [6.07, 6.45) is 5.41. The van der Waals surface area contributed by atoms with Gasteiger partial charge < -0.3 is 32.0 Å². The van der Waals surface area contributed by atoms with Crippen LogP contribution in [0.3, 0.4) is 0 Å². The van der Waals surface area contributed by atoms with E-state index in [0.717, 1.165) is 22.4 Å². The molecule has 1 unspecified atom stereocenters. The number of primary amides is 1. The number of fused-ring (bicyclic) bond motifs is 1. The number of nitrogens with two attached hydrogens (primary N) is 2. The van der Waals surface area contributed by atoms with E-state index < -0.39 is 11.6 Å². The number of nitrogens with zero attached hydrogens (tertiary/aromatic N) is 3. The van der Waals surface area contributed by atoms with Gasteiger partial charge in [0.15, 0.2) is 0 Å². The monoisotopic (exact) mass is 484 g/mol. The van der Waals surface area contributed by atoms with Gasteiger partial charge in [-0.1, -0.05) is 23.7 Å². The highest BCUT2D eigenvalue weighted by atomic mass is 35.5. The van der Waals surface area contributed by atoms with Crippen LogP contribution in [0.4, 0.5) is 10.6 Å². The van der Waals surface area contributed by atoms with Gasteiger partial charge in [-0.15, -0.1) is 0 Å². The molecule has 0 radical (unpaired) electrons. The number of hydrogen-bond acceptors (Lipinski definition) is 6. The molecule has 0 spiro atoms. The quantitative estimate of drug-likeness (QED) is 0.330.